The van der Waals surface area contributed by atoms with Crippen molar-refractivity contribution in [1.29, 1.82) is 0 Å². The Hall–Kier alpha value is -1.71. The van der Waals surface area contributed by atoms with Crippen molar-refractivity contribution in [2.24, 2.45) is 5.84 Å². The Morgan fingerprint density at radius 3 is 2.44 bits per heavy atom. The third-order valence-electron chi connectivity index (χ3n) is 2.08. The summed E-state index contributed by atoms with van der Waals surface area (Å²) in [6, 6.07) is 6.04. The summed E-state index contributed by atoms with van der Waals surface area (Å²) >= 11 is 0.995. The molecule has 2 aromatic rings. The normalized spacial score (nSPS) is 11.2. The second-order valence-electron chi connectivity index (χ2n) is 3.42. The number of hydrogen-bond acceptors (Lipinski definition) is 7. The van der Waals surface area contributed by atoms with Crippen LogP contribution in [0.4, 0.5) is 10.8 Å². The van der Waals surface area contributed by atoms with E-state index in [9.17, 15) is 8.42 Å². The van der Waals surface area contributed by atoms with Crippen LogP contribution in [0.25, 0.3) is 0 Å². The Morgan fingerprint density at radius 2 is 1.94 bits per heavy atom. The van der Waals surface area contributed by atoms with Gasteiger partial charge in [-0.25, -0.2) is 13.4 Å². The predicted molar refractivity (Wildman–Crippen MR) is 69.7 cm³/mol. The maximum atomic E-state index is 12.0. The van der Waals surface area contributed by atoms with E-state index in [2.05, 4.69) is 19.5 Å². The molecular formula is C9H11N5O2S2. The number of nitrogens with zero attached hydrogens (tertiary/aromatic N) is 2. The molecule has 7 nitrogen and oxygen atoms in total. The van der Waals surface area contributed by atoms with Gasteiger partial charge in [0.1, 0.15) is 5.82 Å². The van der Waals surface area contributed by atoms with E-state index < -0.39 is 10.0 Å². The van der Waals surface area contributed by atoms with E-state index in [1.807, 2.05) is 0 Å². The Morgan fingerprint density at radius 1 is 1.28 bits per heavy atom. The van der Waals surface area contributed by atoms with Crippen LogP contribution < -0.4 is 16.0 Å². The highest BCUT2D eigenvalue weighted by Gasteiger charge is 2.15. The first-order chi connectivity index (χ1) is 8.51. The summed E-state index contributed by atoms with van der Waals surface area (Å²) in [5.74, 6) is 5.73. The summed E-state index contributed by atoms with van der Waals surface area (Å²) in [4.78, 5) is 4.07. The quantitative estimate of drug-likeness (QED) is 0.569. The van der Waals surface area contributed by atoms with Crippen molar-refractivity contribution in [3.63, 3.8) is 0 Å². The van der Waals surface area contributed by atoms with Crippen molar-refractivity contribution in [3.8, 4) is 0 Å². The maximum absolute atomic E-state index is 12.0. The lowest BCUT2D eigenvalue weighted by Gasteiger charge is -2.05. The van der Waals surface area contributed by atoms with Crippen molar-refractivity contribution < 1.29 is 8.42 Å². The molecule has 0 atom stereocenters. The fourth-order valence-electron chi connectivity index (χ4n) is 1.24. The Kier molecular flexibility index (Phi) is 3.45. The molecule has 0 aliphatic rings. The zero-order valence-electron chi connectivity index (χ0n) is 9.41. The van der Waals surface area contributed by atoms with Gasteiger partial charge in [0, 0.05) is 17.2 Å². The van der Waals surface area contributed by atoms with E-state index in [1.165, 1.54) is 12.1 Å². The molecule has 0 saturated carbocycles. The van der Waals surface area contributed by atoms with Gasteiger partial charge in [0.15, 0.2) is 0 Å². The van der Waals surface area contributed by atoms with Gasteiger partial charge in [0.25, 0.3) is 10.0 Å². The number of anilines is 2. The van der Waals surface area contributed by atoms with E-state index in [4.69, 9.17) is 5.84 Å². The second kappa shape index (κ2) is 4.88. The van der Waals surface area contributed by atoms with E-state index in [-0.39, 0.29) is 10.0 Å². The first kappa shape index (κ1) is 12.7. The SMILES string of the molecule is Cc1nsc(NS(=O)(=O)c2ccc(NN)cc2)n1. The lowest BCUT2D eigenvalue weighted by molar-refractivity contribution is 0.601. The molecular weight excluding hydrogens is 274 g/mol. The zero-order valence-corrected chi connectivity index (χ0v) is 11.0. The van der Waals surface area contributed by atoms with E-state index in [1.54, 1.807) is 19.1 Å². The van der Waals surface area contributed by atoms with Crippen LogP contribution in [-0.2, 0) is 10.0 Å². The molecule has 1 heterocycles. The lowest BCUT2D eigenvalue weighted by atomic mass is 10.3. The number of hydrazine groups is 1. The highest BCUT2D eigenvalue weighted by Crippen LogP contribution is 2.18. The van der Waals surface area contributed by atoms with Crippen LogP contribution in [0, 0.1) is 6.92 Å². The average molecular weight is 285 g/mol. The molecule has 0 aliphatic carbocycles. The minimum Gasteiger partial charge on any atom is -0.324 e. The van der Waals surface area contributed by atoms with Gasteiger partial charge in [-0.15, -0.1) is 0 Å². The average Bonchev–Trinajstić information content (AvgIpc) is 2.74. The number of nitrogens with two attached hydrogens (primary N) is 1. The standard InChI is InChI=1S/C9H11N5O2S2/c1-6-11-9(17-13-6)14-18(15,16)8-4-2-7(12-10)3-5-8/h2-5,12H,10H2,1H3,(H,11,13,14). The monoisotopic (exact) mass is 285 g/mol. The minimum atomic E-state index is -3.64. The fourth-order valence-corrected chi connectivity index (χ4v) is 3.04. The van der Waals surface area contributed by atoms with Crippen LogP contribution in [0.1, 0.15) is 5.82 Å². The highest BCUT2D eigenvalue weighted by atomic mass is 32.2. The lowest BCUT2D eigenvalue weighted by Crippen LogP contribution is -2.13. The summed E-state index contributed by atoms with van der Waals surface area (Å²) in [5, 5.41) is 0.244. The van der Waals surface area contributed by atoms with Crippen LogP contribution in [0.5, 0.6) is 0 Å². The number of nitrogens with one attached hydrogen (secondary N) is 2. The van der Waals surface area contributed by atoms with E-state index >= 15 is 0 Å². The molecule has 0 amide bonds. The van der Waals surface area contributed by atoms with Crippen molar-refractivity contribution in [2.75, 3.05) is 10.1 Å². The van der Waals surface area contributed by atoms with E-state index in [0.717, 1.165) is 11.5 Å². The van der Waals surface area contributed by atoms with Gasteiger partial charge >= 0.3 is 0 Å². The van der Waals surface area contributed by atoms with Crippen LogP contribution in [0.2, 0.25) is 0 Å². The minimum absolute atomic E-state index is 0.134. The first-order valence-electron chi connectivity index (χ1n) is 4.91. The summed E-state index contributed by atoms with van der Waals surface area (Å²) in [5.41, 5.74) is 3.05. The molecule has 0 spiro atoms. The Labute approximate surface area is 108 Å². The van der Waals surface area contributed by atoms with Gasteiger partial charge < -0.3 is 5.43 Å². The van der Waals surface area contributed by atoms with Gasteiger partial charge in [-0.2, -0.15) is 4.37 Å². The van der Waals surface area contributed by atoms with Crippen LogP contribution in [-0.4, -0.2) is 17.8 Å². The first-order valence-corrected chi connectivity index (χ1v) is 7.17. The number of rotatable bonds is 4. The van der Waals surface area contributed by atoms with Crippen molar-refractivity contribution in [2.45, 2.75) is 11.8 Å². The van der Waals surface area contributed by atoms with Gasteiger partial charge in [-0.1, -0.05) is 0 Å². The Bertz CT molecular complexity index is 635. The number of sulfonamides is 1. The molecule has 0 fully saturated rings. The van der Waals surface area contributed by atoms with Gasteiger partial charge in [0.05, 0.1) is 4.90 Å². The van der Waals surface area contributed by atoms with Crippen LogP contribution >= 0.6 is 11.5 Å². The number of aromatic nitrogens is 2. The van der Waals surface area contributed by atoms with Crippen molar-refractivity contribution in [3.05, 3.63) is 30.1 Å². The second-order valence-corrected chi connectivity index (χ2v) is 5.86. The third kappa shape index (κ3) is 2.75. The topological polar surface area (TPSA) is 110 Å². The molecule has 0 saturated heterocycles. The number of hydrogen-bond donors (Lipinski definition) is 3. The number of benzene rings is 1. The van der Waals surface area contributed by atoms with Crippen molar-refractivity contribution >= 4 is 32.4 Å². The fraction of sp³-hybridized carbons (Fsp3) is 0.111. The molecule has 0 radical (unpaired) electrons. The summed E-state index contributed by atoms with van der Waals surface area (Å²) in [6.07, 6.45) is 0. The molecule has 2 rings (SSSR count). The third-order valence-corrected chi connectivity index (χ3v) is 4.29. The summed E-state index contributed by atoms with van der Waals surface area (Å²) in [7, 11) is -3.64. The van der Waals surface area contributed by atoms with Crippen LogP contribution in [0.3, 0.4) is 0 Å². The van der Waals surface area contributed by atoms with Gasteiger partial charge in [-0.3, -0.25) is 10.6 Å². The highest BCUT2D eigenvalue weighted by molar-refractivity contribution is 7.93. The smallest absolute Gasteiger partial charge is 0.263 e. The van der Waals surface area contributed by atoms with Gasteiger partial charge in [0.2, 0.25) is 5.13 Å². The molecule has 96 valence electrons. The predicted octanol–water partition coefficient (Wildman–Crippen LogP) is 0.933. The molecule has 4 N–H and O–H groups in total. The van der Waals surface area contributed by atoms with Crippen LogP contribution in [0.15, 0.2) is 29.2 Å². The van der Waals surface area contributed by atoms with Crippen molar-refractivity contribution in [1.82, 2.24) is 9.36 Å². The molecule has 0 aliphatic heterocycles. The van der Waals surface area contributed by atoms with Gasteiger partial charge in [-0.05, 0) is 31.2 Å². The maximum Gasteiger partial charge on any atom is 0.263 e. The molecule has 0 bridgehead atoms. The molecule has 0 unspecified atom stereocenters. The number of aryl methyl sites for hydroxylation is 1. The summed E-state index contributed by atoms with van der Waals surface area (Å²) in [6.45, 7) is 1.69. The molecule has 1 aromatic heterocycles. The Balaban J connectivity index is 2.24. The largest absolute Gasteiger partial charge is 0.324 e. The van der Waals surface area contributed by atoms with E-state index in [0.29, 0.717) is 11.5 Å². The molecule has 18 heavy (non-hydrogen) atoms. The molecule has 1 aromatic carbocycles. The molecule has 9 heteroatoms. The zero-order chi connectivity index (χ0) is 13.2. The number of nitrogen functional groups attached to an aromatic ring is 1. The summed E-state index contributed by atoms with van der Waals surface area (Å²) < 4.78 is 30.2.